The molecule has 2 rings (SSSR count). The summed E-state index contributed by atoms with van der Waals surface area (Å²) in [6.07, 6.45) is 0. The highest BCUT2D eigenvalue weighted by atomic mass is 35.5. The molecule has 0 heterocycles. The monoisotopic (exact) mass is 275 g/mol. The molecule has 19 heavy (non-hydrogen) atoms. The van der Waals surface area contributed by atoms with E-state index in [9.17, 15) is 4.79 Å². The number of hydrogen-bond donors (Lipinski definition) is 1. The van der Waals surface area contributed by atoms with Crippen molar-refractivity contribution in [3.8, 4) is 11.5 Å². The van der Waals surface area contributed by atoms with Gasteiger partial charge in [0.2, 0.25) is 5.91 Å². The van der Waals surface area contributed by atoms with E-state index in [1.165, 1.54) is 0 Å². The van der Waals surface area contributed by atoms with E-state index >= 15 is 0 Å². The van der Waals surface area contributed by atoms with Crippen molar-refractivity contribution in [3.63, 3.8) is 0 Å². The van der Waals surface area contributed by atoms with E-state index in [2.05, 4.69) is 5.32 Å². The van der Waals surface area contributed by atoms with Crippen molar-refractivity contribution in [2.24, 2.45) is 0 Å². The predicted molar refractivity (Wildman–Crippen MR) is 77.0 cm³/mol. The van der Waals surface area contributed by atoms with Gasteiger partial charge in [0.25, 0.3) is 0 Å². The maximum Gasteiger partial charge on any atom is 0.239 e. The molecule has 0 bridgehead atoms. The summed E-state index contributed by atoms with van der Waals surface area (Å²) in [5, 5.41) is 2.67. The van der Waals surface area contributed by atoms with Gasteiger partial charge in [0.1, 0.15) is 17.4 Å². The first-order valence-electron chi connectivity index (χ1n) is 5.88. The number of halogens is 1. The number of carbonyl (C=O) groups is 1. The summed E-state index contributed by atoms with van der Waals surface area (Å²) >= 11 is 5.42. The molecule has 2 aromatic carbocycles. The first-order chi connectivity index (χ1) is 9.17. The number of benzene rings is 2. The Morgan fingerprint density at radius 1 is 1.16 bits per heavy atom. The molecule has 98 valence electrons. The molecule has 0 atom stereocenters. The first kappa shape index (κ1) is 13.4. The Hall–Kier alpha value is -2.00. The van der Waals surface area contributed by atoms with Crippen LogP contribution in [0.2, 0.25) is 0 Å². The SMILES string of the molecule is Cc1cccc(Oc2ccc(NC(=O)CCl)cc2)c1. The van der Waals surface area contributed by atoms with Crippen LogP contribution in [0.15, 0.2) is 48.5 Å². The maximum atomic E-state index is 11.1. The number of alkyl halides is 1. The zero-order valence-corrected chi connectivity index (χ0v) is 11.3. The van der Waals surface area contributed by atoms with Crippen LogP contribution in [0.4, 0.5) is 5.69 Å². The van der Waals surface area contributed by atoms with E-state index in [1.54, 1.807) is 24.3 Å². The fourth-order valence-corrected chi connectivity index (χ4v) is 1.68. The van der Waals surface area contributed by atoms with E-state index in [0.29, 0.717) is 5.69 Å². The molecule has 0 saturated heterocycles. The van der Waals surface area contributed by atoms with Gasteiger partial charge >= 0.3 is 0 Å². The quantitative estimate of drug-likeness (QED) is 0.858. The third-order valence-electron chi connectivity index (χ3n) is 2.48. The molecule has 0 unspecified atom stereocenters. The molecule has 1 amide bonds. The van der Waals surface area contributed by atoms with Crippen molar-refractivity contribution < 1.29 is 9.53 Å². The zero-order chi connectivity index (χ0) is 13.7. The molecular weight excluding hydrogens is 262 g/mol. The molecular formula is C15H14ClNO2. The van der Waals surface area contributed by atoms with E-state index < -0.39 is 0 Å². The molecule has 0 fully saturated rings. The molecule has 2 aromatic rings. The van der Waals surface area contributed by atoms with Gasteiger partial charge in [-0.05, 0) is 48.9 Å². The summed E-state index contributed by atoms with van der Waals surface area (Å²) in [5.41, 5.74) is 1.84. The van der Waals surface area contributed by atoms with Gasteiger partial charge in [-0.25, -0.2) is 0 Å². The number of aryl methyl sites for hydroxylation is 1. The second-order valence-electron chi connectivity index (χ2n) is 4.12. The molecule has 0 aliphatic heterocycles. The van der Waals surface area contributed by atoms with Gasteiger partial charge in [0.15, 0.2) is 0 Å². The second kappa shape index (κ2) is 6.25. The highest BCUT2D eigenvalue weighted by Crippen LogP contribution is 2.23. The number of carbonyl (C=O) groups excluding carboxylic acids is 1. The number of rotatable bonds is 4. The Kier molecular flexibility index (Phi) is 4.42. The van der Waals surface area contributed by atoms with Crippen LogP contribution in [-0.2, 0) is 4.79 Å². The fraction of sp³-hybridized carbons (Fsp3) is 0.133. The van der Waals surface area contributed by atoms with Crippen molar-refractivity contribution in [3.05, 3.63) is 54.1 Å². The normalized spacial score (nSPS) is 10.0. The number of ether oxygens (including phenoxy) is 1. The van der Waals surface area contributed by atoms with Gasteiger partial charge in [-0.3, -0.25) is 4.79 Å². The van der Waals surface area contributed by atoms with Gasteiger partial charge in [-0.15, -0.1) is 11.6 Å². The molecule has 0 aliphatic rings. The Morgan fingerprint density at radius 2 is 1.89 bits per heavy atom. The predicted octanol–water partition coefficient (Wildman–Crippen LogP) is 3.96. The minimum Gasteiger partial charge on any atom is -0.457 e. The minimum absolute atomic E-state index is 0.0540. The molecule has 3 nitrogen and oxygen atoms in total. The molecule has 0 saturated carbocycles. The molecule has 0 aliphatic carbocycles. The Morgan fingerprint density at radius 3 is 2.53 bits per heavy atom. The third kappa shape index (κ3) is 4.00. The molecule has 4 heteroatoms. The molecule has 1 N–H and O–H groups in total. The molecule has 0 spiro atoms. The summed E-state index contributed by atoms with van der Waals surface area (Å²) in [5.74, 6) is 1.22. The average Bonchev–Trinajstić information content (AvgIpc) is 2.41. The van der Waals surface area contributed by atoms with Gasteiger partial charge in [0, 0.05) is 5.69 Å². The minimum atomic E-state index is -0.228. The summed E-state index contributed by atoms with van der Waals surface area (Å²) in [6, 6.07) is 15.0. The number of hydrogen-bond acceptors (Lipinski definition) is 2. The van der Waals surface area contributed by atoms with Crippen molar-refractivity contribution >= 4 is 23.2 Å². The van der Waals surface area contributed by atoms with Crippen LogP contribution in [-0.4, -0.2) is 11.8 Å². The first-order valence-corrected chi connectivity index (χ1v) is 6.41. The van der Waals surface area contributed by atoms with E-state index in [-0.39, 0.29) is 11.8 Å². The van der Waals surface area contributed by atoms with E-state index in [1.807, 2.05) is 31.2 Å². The van der Waals surface area contributed by atoms with E-state index in [4.69, 9.17) is 16.3 Å². The number of amides is 1. The topological polar surface area (TPSA) is 38.3 Å². The Balaban J connectivity index is 2.04. The smallest absolute Gasteiger partial charge is 0.239 e. The standard InChI is InChI=1S/C15H14ClNO2/c1-11-3-2-4-14(9-11)19-13-7-5-12(6-8-13)17-15(18)10-16/h2-9H,10H2,1H3,(H,17,18). The van der Waals surface area contributed by atoms with Crippen LogP contribution < -0.4 is 10.1 Å². The highest BCUT2D eigenvalue weighted by molar-refractivity contribution is 6.29. The van der Waals surface area contributed by atoms with Crippen LogP contribution in [0, 0.1) is 6.92 Å². The van der Waals surface area contributed by atoms with Crippen LogP contribution in [0.5, 0.6) is 11.5 Å². The Bertz CT molecular complexity index is 567. The summed E-state index contributed by atoms with van der Waals surface area (Å²) < 4.78 is 5.71. The van der Waals surface area contributed by atoms with Gasteiger partial charge < -0.3 is 10.1 Å². The lowest BCUT2D eigenvalue weighted by Crippen LogP contribution is -2.12. The third-order valence-corrected chi connectivity index (χ3v) is 2.73. The molecule has 0 aromatic heterocycles. The van der Waals surface area contributed by atoms with Gasteiger partial charge in [0.05, 0.1) is 0 Å². The lowest BCUT2D eigenvalue weighted by Gasteiger charge is -2.08. The maximum absolute atomic E-state index is 11.1. The van der Waals surface area contributed by atoms with Gasteiger partial charge in [-0.1, -0.05) is 12.1 Å². The van der Waals surface area contributed by atoms with E-state index in [0.717, 1.165) is 17.1 Å². The zero-order valence-electron chi connectivity index (χ0n) is 10.5. The average molecular weight is 276 g/mol. The fourth-order valence-electron chi connectivity index (χ4n) is 1.62. The van der Waals surface area contributed by atoms with Crippen molar-refractivity contribution in [1.29, 1.82) is 0 Å². The van der Waals surface area contributed by atoms with Crippen LogP contribution in [0.3, 0.4) is 0 Å². The van der Waals surface area contributed by atoms with Crippen LogP contribution >= 0.6 is 11.6 Å². The van der Waals surface area contributed by atoms with Crippen molar-refractivity contribution in [2.45, 2.75) is 6.92 Å². The van der Waals surface area contributed by atoms with Crippen LogP contribution in [0.1, 0.15) is 5.56 Å². The van der Waals surface area contributed by atoms with Crippen molar-refractivity contribution in [1.82, 2.24) is 0 Å². The lowest BCUT2D eigenvalue weighted by molar-refractivity contribution is -0.113. The van der Waals surface area contributed by atoms with Crippen molar-refractivity contribution in [2.75, 3.05) is 11.2 Å². The summed E-state index contributed by atoms with van der Waals surface area (Å²) in [7, 11) is 0. The second-order valence-corrected chi connectivity index (χ2v) is 4.39. The van der Waals surface area contributed by atoms with Crippen LogP contribution in [0.25, 0.3) is 0 Å². The summed E-state index contributed by atoms with van der Waals surface area (Å²) in [6.45, 7) is 2.01. The lowest BCUT2D eigenvalue weighted by atomic mass is 10.2. The largest absolute Gasteiger partial charge is 0.457 e. The number of nitrogens with one attached hydrogen (secondary N) is 1. The van der Waals surface area contributed by atoms with Gasteiger partial charge in [-0.2, -0.15) is 0 Å². The Labute approximate surface area is 117 Å². The number of anilines is 1. The molecule has 0 radical (unpaired) electrons. The summed E-state index contributed by atoms with van der Waals surface area (Å²) in [4.78, 5) is 11.1. The highest BCUT2D eigenvalue weighted by Gasteiger charge is 2.01.